The number of hydrogen-bond donors (Lipinski definition) is 7. The number of unbranched alkanes of at least 4 members (excludes halogenated alkanes) is 1. The molecule has 2 rings (SSSR count). The second-order valence-electron chi connectivity index (χ2n) is 9.63. The first-order valence-corrected chi connectivity index (χ1v) is 13.5. The molecular weight excluding hydrogens is 498 g/mol. The maximum Gasteiger partial charge on any atom is 0.242 e. The van der Waals surface area contributed by atoms with E-state index in [0.717, 1.165) is 48.0 Å². The molecule has 12 nitrogen and oxygen atoms in total. The molecule has 0 fully saturated rings. The molecule has 0 radical (unpaired) electrons. The predicted octanol–water partition coefficient (Wildman–Crippen LogP) is 0.935. The highest BCUT2D eigenvalue weighted by Crippen LogP contribution is 2.28. The number of methoxy groups -OCH3 is 1. The van der Waals surface area contributed by atoms with Gasteiger partial charge in [0.2, 0.25) is 11.8 Å². The molecule has 0 aliphatic heterocycles. The molecule has 39 heavy (non-hydrogen) atoms. The minimum absolute atomic E-state index is 0.0117. The van der Waals surface area contributed by atoms with Gasteiger partial charge in [-0.3, -0.25) is 19.6 Å². The number of aromatic nitrogens is 1. The minimum Gasteiger partial charge on any atom is -0.497 e. The van der Waals surface area contributed by atoms with Crippen LogP contribution < -0.4 is 43.6 Å². The quantitative estimate of drug-likeness (QED) is 0.0809. The third-order valence-corrected chi connectivity index (χ3v) is 6.31. The Labute approximate surface area is 230 Å². The topological polar surface area (TPSA) is 209 Å². The van der Waals surface area contributed by atoms with E-state index in [0.29, 0.717) is 38.9 Å². The molecule has 1 aromatic carbocycles. The van der Waals surface area contributed by atoms with Crippen molar-refractivity contribution in [3.8, 4) is 5.75 Å². The number of hydrogen-bond acceptors (Lipinski definition) is 8. The van der Waals surface area contributed by atoms with Crippen LogP contribution in [0.25, 0.3) is 10.9 Å². The highest BCUT2D eigenvalue weighted by molar-refractivity contribution is 5.92. The Morgan fingerprint density at radius 2 is 1.87 bits per heavy atom. The van der Waals surface area contributed by atoms with Crippen molar-refractivity contribution >= 4 is 34.4 Å². The number of carbonyl (C=O) groups is 2. The van der Waals surface area contributed by atoms with Gasteiger partial charge in [-0.2, -0.15) is 0 Å². The second kappa shape index (κ2) is 17.0. The number of nitrogens with zero attached hydrogens (tertiary/aromatic N) is 2. The molecule has 12 heteroatoms. The molecule has 2 amide bonds. The molecule has 0 spiro atoms. The SMILES string of the molecule is COc1cc(NC(C)CCCNC(=O)[C@H](CCCN=C(N)N)NC(=O)[C@@H](N)CCCCN)c2ncccc2c1. The number of fused-ring (bicyclic) bond motifs is 1. The summed E-state index contributed by atoms with van der Waals surface area (Å²) in [6, 6.07) is 6.48. The monoisotopic (exact) mass is 543 g/mol. The van der Waals surface area contributed by atoms with Crippen LogP contribution >= 0.6 is 0 Å². The number of nitrogens with two attached hydrogens (primary N) is 4. The zero-order chi connectivity index (χ0) is 28.6. The highest BCUT2D eigenvalue weighted by atomic mass is 16.5. The molecule has 216 valence electrons. The van der Waals surface area contributed by atoms with Crippen LogP contribution in [-0.4, -0.2) is 67.6 Å². The lowest BCUT2D eigenvalue weighted by molar-refractivity contribution is -0.129. The summed E-state index contributed by atoms with van der Waals surface area (Å²) in [6.07, 6.45) is 6.28. The first-order chi connectivity index (χ1) is 18.7. The molecule has 1 heterocycles. The Morgan fingerprint density at radius 1 is 1.08 bits per heavy atom. The van der Waals surface area contributed by atoms with Crippen molar-refractivity contribution in [2.45, 2.75) is 70.0 Å². The number of amides is 2. The number of anilines is 1. The molecule has 0 bridgehead atoms. The van der Waals surface area contributed by atoms with Gasteiger partial charge in [-0.25, -0.2) is 0 Å². The maximum atomic E-state index is 12.9. The van der Waals surface area contributed by atoms with Gasteiger partial charge in [0.1, 0.15) is 11.8 Å². The van der Waals surface area contributed by atoms with Crippen LogP contribution in [0.3, 0.4) is 0 Å². The van der Waals surface area contributed by atoms with Gasteiger partial charge in [0.05, 0.1) is 24.4 Å². The standard InChI is InChI=1S/C27H45N9O3/c1-18(35-23-17-20(39-2)16-19-9-6-13-32-24(19)23)8-5-14-33-26(38)22(11-7-15-34-27(30)31)36-25(37)21(29)10-3-4-12-28/h6,9,13,16-18,21-22,35H,3-5,7-8,10-12,14-15,28-29H2,1-2H3,(H,33,38)(H,36,37)(H4,30,31,34)/t18?,21-,22-/m0/s1. The van der Waals surface area contributed by atoms with Crippen molar-refractivity contribution in [1.82, 2.24) is 15.6 Å². The average Bonchev–Trinajstić information content (AvgIpc) is 2.92. The van der Waals surface area contributed by atoms with Crippen LogP contribution in [0.5, 0.6) is 5.75 Å². The van der Waals surface area contributed by atoms with Crippen molar-refractivity contribution < 1.29 is 14.3 Å². The van der Waals surface area contributed by atoms with E-state index in [-0.39, 0.29) is 23.8 Å². The van der Waals surface area contributed by atoms with E-state index in [9.17, 15) is 9.59 Å². The van der Waals surface area contributed by atoms with E-state index in [1.807, 2.05) is 24.3 Å². The van der Waals surface area contributed by atoms with Crippen LogP contribution in [0.4, 0.5) is 5.69 Å². The van der Waals surface area contributed by atoms with Gasteiger partial charge in [0.15, 0.2) is 5.96 Å². The van der Waals surface area contributed by atoms with E-state index in [1.165, 1.54) is 0 Å². The van der Waals surface area contributed by atoms with Crippen molar-refractivity contribution in [1.29, 1.82) is 0 Å². The van der Waals surface area contributed by atoms with Gasteiger partial charge in [-0.1, -0.05) is 12.5 Å². The lowest BCUT2D eigenvalue weighted by Gasteiger charge is -2.21. The second-order valence-corrected chi connectivity index (χ2v) is 9.63. The van der Waals surface area contributed by atoms with Gasteiger partial charge in [0.25, 0.3) is 0 Å². The van der Waals surface area contributed by atoms with Gasteiger partial charge in [-0.05, 0) is 64.1 Å². The normalized spacial score (nSPS) is 13.2. The Hall–Kier alpha value is -3.64. The van der Waals surface area contributed by atoms with Crippen LogP contribution in [-0.2, 0) is 9.59 Å². The summed E-state index contributed by atoms with van der Waals surface area (Å²) in [5.41, 5.74) is 24.1. The van der Waals surface area contributed by atoms with Crippen LogP contribution in [0.15, 0.2) is 35.5 Å². The number of rotatable bonds is 18. The fourth-order valence-electron chi connectivity index (χ4n) is 4.16. The zero-order valence-electron chi connectivity index (χ0n) is 23.1. The number of pyridine rings is 1. The molecule has 0 aliphatic carbocycles. The first-order valence-electron chi connectivity index (χ1n) is 13.5. The van der Waals surface area contributed by atoms with E-state index < -0.39 is 12.1 Å². The minimum atomic E-state index is -0.725. The van der Waals surface area contributed by atoms with Gasteiger partial charge >= 0.3 is 0 Å². The van der Waals surface area contributed by atoms with E-state index in [4.69, 9.17) is 27.7 Å². The average molecular weight is 544 g/mol. The van der Waals surface area contributed by atoms with Gasteiger partial charge in [-0.15, -0.1) is 0 Å². The Balaban J connectivity index is 1.88. The van der Waals surface area contributed by atoms with Crippen LogP contribution in [0.1, 0.15) is 51.9 Å². The van der Waals surface area contributed by atoms with E-state index in [1.54, 1.807) is 13.3 Å². The summed E-state index contributed by atoms with van der Waals surface area (Å²) < 4.78 is 5.43. The molecule has 1 aromatic heterocycles. The first kappa shape index (κ1) is 31.6. The zero-order valence-corrected chi connectivity index (χ0v) is 23.1. The lowest BCUT2D eigenvalue weighted by atomic mass is 10.1. The fraction of sp³-hybridized carbons (Fsp3) is 0.556. The van der Waals surface area contributed by atoms with E-state index in [2.05, 4.69) is 32.9 Å². The van der Waals surface area contributed by atoms with Crippen molar-refractivity contribution in [3.05, 3.63) is 30.5 Å². The number of nitrogens with one attached hydrogen (secondary N) is 3. The lowest BCUT2D eigenvalue weighted by Crippen LogP contribution is -2.51. The van der Waals surface area contributed by atoms with Crippen molar-refractivity contribution in [3.63, 3.8) is 0 Å². The number of benzene rings is 1. The van der Waals surface area contributed by atoms with E-state index >= 15 is 0 Å². The molecule has 0 saturated carbocycles. The highest BCUT2D eigenvalue weighted by Gasteiger charge is 2.23. The van der Waals surface area contributed by atoms with Gasteiger partial charge < -0.3 is 43.6 Å². The molecule has 1 unspecified atom stereocenters. The fourth-order valence-corrected chi connectivity index (χ4v) is 4.16. The number of guanidine groups is 1. The molecule has 0 aliphatic rings. The number of carbonyl (C=O) groups excluding carboxylic acids is 2. The molecule has 2 aromatic rings. The third kappa shape index (κ3) is 11.3. The smallest absolute Gasteiger partial charge is 0.242 e. The maximum absolute atomic E-state index is 12.9. The summed E-state index contributed by atoms with van der Waals surface area (Å²) in [5, 5.41) is 10.2. The summed E-state index contributed by atoms with van der Waals surface area (Å²) in [4.78, 5) is 34.0. The molecule has 0 saturated heterocycles. The van der Waals surface area contributed by atoms with Crippen LogP contribution in [0, 0.1) is 0 Å². The molecular formula is C27H45N9O3. The molecule has 11 N–H and O–H groups in total. The summed E-state index contributed by atoms with van der Waals surface area (Å²) >= 11 is 0. The third-order valence-electron chi connectivity index (χ3n) is 6.31. The number of ether oxygens (including phenoxy) is 1. The van der Waals surface area contributed by atoms with Crippen molar-refractivity contribution in [2.75, 3.05) is 32.1 Å². The Kier molecular flexibility index (Phi) is 13.8. The van der Waals surface area contributed by atoms with Crippen molar-refractivity contribution in [2.24, 2.45) is 27.9 Å². The Bertz CT molecular complexity index is 1080. The molecule has 3 atom stereocenters. The number of aliphatic imine (C=N–C) groups is 1. The van der Waals surface area contributed by atoms with Gasteiger partial charge in [0, 0.05) is 36.8 Å². The summed E-state index contributed by atoms with van der Waals surface area (Å²) in [5.74, 6) is 0.128. The summed E-state index contributed by atoms with van der Waals surface area (Å²) in [7, 11) is 1.64. The summed E-state index contributed by atoms with van der Waals surface area (Å²) in [6.45, 7) is 3.45. The predicted molar refractivity (Wildman–Crippen MR) is 156 cm³/mol. The Morgan fingerprint density at radius 3 is 2.59 bits per heavy atom. The van der Waals surface area contributed by atoms with Crippen LogP contribution in [0.2, 0.25) is 0 Å². The largest absolute Gasteiger partial charge is 0.497 e.